The molecule has 0 aliphatic heterocycles. The molecule has 1 aliphatic rings. The zero-order valence-electron chi connectivity index (χ0n) is 11.9. The van der Waals surface area contributed by atoms with E-state index >= 15 is 0 Å². The van der Waals surface area contributed by atoms with Gasteiger partial charge in [-0.05, 0) is 49.3 Å². The molecule has 0 heterocycles. The number of aromatic hydroxyl groups is 1. The van der Waals surface area contributed by atoms with E-state index in [2.05, 4.69) is 0 Å². The maximum Gasteiger partial charge on any atom is 0.121 e. The molecular formula is C16H25NO2. The fourth-order valence-electron chi connectivity index (χ4n) is 3.15. The SMILES string of the molecule is Cc1cc([C@@H](N)[C@@H](O)C2CCCCC2)cc(C)c1O. The number of phenolic OH excluding ortho intramolecular Hbond substituents is 1. The second kappa shape index (κ2) is 5.93. The van der Waals surface area contributed by atoms with E-state index in [0.29, 0.717) is 11.7 Å². The standard InChI is InChI=1S/C16H25NO2/c1-10-8-13(9-11(2)15(10)18)14(17)16(19)12-6-4-3-5-7-12/h8-9,12,14,16,18-19H,3-7,17H2,1-2H3/t14-,16+/m1/s1. The maximum absolute atomic E-state index is 10.5. The lowest BCUT2D eigenvalue weighted by Gasteiger charge is -2.31. The predicted octanol–water partition coefficient (Wildman–Crippen LogP) is 2.95. The van der Waals surface area contributed by atoms with Crippen LogP contribution in [0, 0.1) is 19.8 Å². The fourth-order valence-corrected chi connectivity index (χ4v) is 3.15. The van der Waals surface area contributed by atoms with Gasteiger partial charge in [-0.2, -0.15) is 0 Å². The molecule has 1 fully saturated rings. The van der Waals surface area contributed by atoms with Crippen LogP contribution in [0.2, 0.25) is 0 Å². The first kappa shape index (κ1) is 14.4. The summed E-state index contributed by atoms with van der Waals surface area (Å²) in [5.41, 5.74) is 8.79. The Morgan fingerprint density at radius 3 is 2.16 bits per heavy atom. The maximum atomic E-state index is 10.5. The van der Waals surface area contributed by atoms with Gasteiger partial charge in [0.2, 0.25) is 0 Å². The minimum absolute atomic E-state index is 0.318. The van der Waals surface area contributed by atoms with Gasteiger partial charge in [0.15, 0.2) is 0 Å². The highest BCUT2D eigenvalue weighted by Crippen LogP contribution is 2.33. The highest BCUT2D eigenvalue weighted by molar-refractivity contribution is 5.43. The summed E-state index contributed by atoms with van der Waals surface area (Å²) in [6.45, 7) is 3.73. The smallest absolute Gasteiger partial charge is 0.121 e. The van der Waals surface area contributed by atoms with Crippen molar-refractivity contribution in [3.63, 3.8) is 0 Å². The molecule has 3 heteroatoms. The number of aliphatic hydroxyl groups is 1. The first-order chi connectivity index (χ1) is 9.00. The largest absolute Gasteiger partial charge is 0.507 e. The number of rotatable bonds is 3. The van der Waals surface area contributed by atoms with Gasteiger partial charge >= 0.3 is 0 Å². The van der Waals surface area contributed by atoms with E-state index in [1.807, 2.05) is 26.0 Å². The molecule has 0 aromatic heterocycles. The Kier molecular flexibility index (Phi) is 4.48. The number of benzene rings is 1. The van der Waals surface area contributed by atoms with Crippen LogP contribution in [0.25, 0.3) is 0 Å². The summed E-state index contributed by atoms with van der Waals surface area (Å²) < 4.78 is 0. The minimum atomic E-state index is -0.483. The lowest BCUT2D eigenvalue weighted by Crippen LogP contribution is -2.34. The summed E-state index contributed by atoms with van der Waals surface area (Å²) >= 11 is 0. The van der Waals surface area contributed by atoms with Crippen LogP contribution in [0.1, 0.15) is 54.8 Å². The van der Waals surface area contributed by atoms with E-state index in [9.17, 15) is 10.2 Å². The third-order valence-corrected chi connectivity index (χ3v) is 4.40. The number of nitrogens with two attached hydrogens (primary N) is 1. The van der Waals surface area contributed by atoms with Crippen LogP contribution >= 0.6 is 0 Å². The van der Waals surface area contributed by atoms with Gasteiger partial charge in [0.1, 0.15) is 5.75 Å². The first-order valence-corrected chi connectivity index (χ1v) is 7.24. The van der Waals surface area contributed by atoms with Gasteiger partial charge in [0.25, 0.3) is 0 Å². The highest BCUT2D eigenvalue weighted by Gasteiger charge is 2.28. The Balaban J connectivity index is 2.16. The van der Waals surface area contributed by atoms with Crippen molar-refractivity contribution in [2.75, 3.05) is 0 Å². The van der Waals surface area contributed by atoms with E-state index in [1.165, 1.54) is 19.3 Å². The van der Waals surface area contributed by atoms with Crippen molar-refractivity contribution in [3.8, 4) is 5.75 Å². The lowest BCUT2D eigenvalue weighted by molar-refractivity contribution is 0.0617. The average molecular weight is 263 g/mol. The van der Waals surface area contributed by atoms with Crippen LogP contribution in [0.5, 0.6) is 5.75 Å². The van der Waals surface area contributed by atoms with E-state index in [1.54, 1.807) is 0 Å². The molecule has 2 atom stereocenters. The molecule has 1 aromatic rings. The van der Waals surface area contributed by atoms with Crippen molar-refractivity contribution in [1.82, 2.24) is 0 Å². The zero-order valence-corrected chi connectivity index (χ0v) is 11.9. The van der Waals surface area contributed by atoms with Crippen LogP contribution in [0.4, 0.5) is 0 Å². The summed E-state index contributed by atoms with van der Waals surface area (Å²) in [4.78, 5) is 0. The van der Waals surface area contributed by atoms with Crippen LogP contribution in [-0.4, -0.2) is 16.3 Å². The molecule has 106 valence electrons. The van der Waals surface area contributed by atoms with Gasteiger partial charge in [-0.25, -0.2) is 0 Å². The second-order valence-corrected chi connectivity index (χ2v) is 5.92. The van der Waals surface area contributed by atoms with E-state index < -0.39 is 6.10 Å². The molecule has 1 aliphatic carbocycles. The topological polar surface area (TPSA) is 66.5 Å². The molecule has 0 saturated heterocycles. The number of phenols is 1. The molecule has 0 bridgehead atoms. The Hall–Kier alpha value is -1.06. The summed E-state index contributed by atoms with van der Waals surface area (Å²) in [5.74, 6) is 0.640. The molecule has 0 radical (unpaired) electrons. The highest BCUT2D eigenvalue weighted by atomic mass is 16.3. The quantitative estimate of drug-likeness (QED) is 0.785. The van der Waals surface area contributed by atoms with Crippen LogP contribution in [-0.2, 0) is 0 Å². The van der Waals surface area contributed by atoms with Gasteiger partial charge in [0.05, 0.1) is 12.1 Å². The number of aliphatic hydroxyl groups excluding tert-OH is 1. The molecule has 1 aromatic carbocycles. The first-order valence-electron chi connectivity index (χ1n) is 7.24. The summed E-state index contributed by atoms with van der Waals surface area (Å²) in [6, 6.07) is 3.42. The van der Waals surface area contributed by atoms with Crippen molar-refractivity contribution in [1.29, 1.82) is 0 Å². The molecule has 19 heavy (non-hydrogen) atoms. The van der Waals surface area contributed by atoms with Gasteiger partial charge in [-0.15, -0.1) is 0 Å². The third-order valence-electron chi connectivity index (χ3n) is 4.40. The molecule has 1 saturated carbocycles. The fraction of sp³-hybridized carbons (Fsp3) is 0.625. The lowest BCUT2D eigenvalue weighted by atomic mass is 9.81. The van der Waals surface area contributed by atoms with Gasteiger partial charge in [-0.3, -0.25) is 0 Å². The molecule has 0 unspecified atom stereocenters. The van der Waals surface area contributed by atoms with Crippen molar-refractivity contribution in [3.05, 3.63) is 28.8 Å². The summed E-state index contributed by atoms with van der Waals surface area (Å²) in [7, 11) is 0. The number of hydrogen-bond acceptors (Lipinski definition) is 3. The Morgan fingerprint density at radius 1 is 1.11 bits per heavy atom. The van der Waals surface area contributed by atoms with Crippen molar-refractivity contribution in [2.45, 2.75) is 58.1 Å². The van der Waals surface area contributed by atoms with Crippen LogP contribution < -0.4 is 5.73 Å². The number of aryl methyl sites for hydroxylation is 2. The van der Waals surface area contributed by atoms with Gasteiger partial charge < -0.3 is 15.9 Å². The normalized spacial score (nSPS) is 20.2. The third kappa shape index (κ3) is 3.10. The molecule has 0 spiro atoms. The molecule has 4 N–H and O–H groups in total. The molecule has 2 rings (SSSR count). The van der Waals surface area contributed by atoms with Crippen molar-refractivity contribution in [2.24, 2.45) is 11.7 Å². The van der Waals surface area contributed by atoms with Crippen LogP contribution in [0.3, 0.4) is 0 Å². The molecule has 0 amide bonds. The number of hydrogen-bond donors (Lipinski definition) is 3. The van der Waals surface area contributed by atoms with E-state index in [-0.39, 0.29) is 6.04 Å². The summed E-state index contributed by atoms with van der Waals surface area (Å²) in [6.07, 6.45) is 5.33. The molecular weight excluding hydrogens is 238 g/mol. The average Bonchev–Trinajstić information content (AvgIpc) is 2.43. The molecule has 3 nitrogen and oxygen atoms in total. The second-order valence-electron chi connectivity index (χ2n) is 5.92. The predicted molar refractivity (Wildman–Crippen MR) is 77.1 cm³/mol. The van der Waals surface area contributed by atoms with Gasteiger partial charge in [0, 0.05) is 0 Å². The van der Waals surface area contributed by atoms with Crippen molar-refractivity contribution >= 4 is 0 Å². The van der Waals surface area contributed by atoms with E-state index in [0.717, 1.165) is 29.5 Å². The Morgan fingerprint density at radius 2 is 1.63 bits per heavy atom. The van der Waals surface area contributed by atoms with E-state index in [4.69, 9.17) is 5.73 Å². The monoisotopic (exact) mass is 263 g/mol. The Labute approximate surface area is 115 Å². The summed E-state index contributed by atoms with van der Waals surface area (Å²) in [5, 5.41) is 20.3. The van der Waals surface area contributed by atoms with Crippen LogP contribution in [0.15, 0.2) is 12.1 Å². The van der Waals surface area contributed by atoms with Gasteiger partial charge in [-0.1, -0.05) is 31.4 Å². The minimum Gasteiger partial charge on any atom is -0.507 e. The van der Waals surface area contributed by atoms with Crippen molar-refractivity contribution < 1.29 is 10.2 Å². The Bertz CT molecular complexity index is 415. The zero-order chi connectivity index (χ0) is 14.0.